The van der Waals surface area contributed by atoms with Crippen LogP contribution in [0.3, 0.4) is 0 Å². The molecule has 2 heterocycles. The van der Waals surface area contributed by atoms with Crippen molar-refractivity contribution in [1.29, 1.82) is 0 Å². The van der Waals surface area contributed by atoms with Gasteiger partial charge in [-0.3, -0.25) is 9.69 Å². The van der Waals surface area contributed by atoms with Crippen molar-refractivity contribution in [2.24, 2.45) is 0 Å². The van der Waals surface area contributed by atoms with E-state index in [-0.39, 0.29) is 11.9 Å². The smallest absolute Gasteiger partial charge is 0.239 e. The number of nitrogens with zero attached hydrogens (tertiary/aromatic N) is 2. The Morgan fingerprint density at radius 3 is 2.85 bits per heavy atom. The first-order chi connectivity index (χ1) is 9.75. The van der Waals surface area contributed by atoms with Crippen molar-refractivity contribution in [3.05, 3.63) is 24.2 Å². The van der Waals surface area contributed by atoms with Crippen LogP contribution in [0.2, 0.25) is 0 Å². The van der Waals surface area contributed by atoms with E-state index in [4.69, 9.17) is 4.42 Å². The summed E-state index contributed by atoms with van der Waals surface area (Å²) in [5.41, 5.74) is 0. The van der Waals surface area contributed by atoms with Gasteiger partial charge < -0.3 is 14.6 Å². The molecule has 20 heavy (non-hydrogen) atoms. The minimum absolute atomic E-state index is 0.0642. The lowest BCUT2D eigenvalue weighted by Gasteiger charge is -2.34. The molecule has 1 aromatic rings. The Labute approximate surface area is 119 Å². The number of nitrogens with one attached hydrogen (secondary N) is 1. The fraction of sp³-hybridized carbons (Fsp3) is 0.667. The van der Waals surface area contributed by atoms with E-state index < -0.39 is 0 Å². The van der Waals surface area contributed by atoms with Crippen LogP contribution >= 0.6 is 0 Å². The highest BCUT2D eigenvalue weighted by atomic mass is 16.3. The summed E-state index contributed by atoms with van der Waals surface area (Å²) in [6.45, 7) is 6.22. The fourth-order valence-corrected chi connectivity index (χ4v) is 2.86. The molecular formula is C15H23N3O2. The second-order valence-electron chi connectivity index (χ2n) is 5.73. The molecular weight excluding hydrogens is 254 g/mol. The summed E-state index contributed by atoms with van der Waals surface area (Å²) in [6.07, 6.45) is 4.09. The fourth-order valence-electron chi connectivity index (χ4n) is 2.86. The van der Waals surface area contributed by atoms with Gasteiger partial charge in [-0.25, -0.2) is 0 Å². The van der Waals surface area contributed by atoms with Crippen LogP contribution in [-0.2, 0) is 11.3 Å². The molecule has 2 aliphatic rings. The van der Waals surface area contributed by atoms with Crippen LogP contribution in [0.5, 0.6) is 0 Å². The first kappa shape index (κ1) is 13.6. The first-order valence-corrected chi connectivity index (χ1v) is 7.53. The van der Waals surface area contributed by atoms with Gasteiger partial charge in [-0.2, -0.15) is 0 Å². The Morgan fingerprint density at radius 2 is 2.25 bits per heavy atom. The second-order valence-corrected chi connectivity index (χ2v) is 5.73. The number of hydrogen-bond donors (Lipinski definition) is 1. The summed E-state index contributed by atoms with van der Waals surface area (Å²) in [5, 5.41) is 3.29. The minimum atomic E-state index is -0.0642. The molecule has 5 nitrogen and oxygen atoms in total. The number of furan rings is 1. The summed E-state index contributed by atoms with van der Waals surface area (Å²) in [5.74, 6) is 1.20. The monoisotopic (exact) mass is 277 g/mol. The Hall–Kier alpha value is -1.33. The number of hydrogen-bond acceptors (Lipinski definition) is 4. The highest BCUT2D eigenvalue weighted by Gasteiger charge is 2.37. The van der Waals surface area contributed by atoms with E-state index in [1.807, 2.05) is 24.0 Å². The number of carbonyl (C=O) groups excluding carboxylic acids is 1. The second kappa shape index (κ2) is 5.97. The standard InChI is InChI=1S/C15H23N3O2/c1-12(15(19)17-8-6-16-7-9-17)18(13-4-5-13)11-14-3-2-10-20-14/h2-3,10,12-13,16H,4-9,11H2,1H3. The van der Waals surface area contributed by atoms with Gasteiger partial charge in [0.2, 0.25) is 5.91 Å². The van der Waals surface area contributed by atoms with E-state index in [0.29, 0.717) is 6.04 Å². The van der Waals surface area contributed by atoms with E-state index >= 15 is 0 Å². The maximum Gasteiger partial charge on any atom is 0.239 e. The lowest BCUT2D eigenvalue weighted by molar-refractivity contribution is -0.137. The molecule has 1 saturated heterocycles. The molecule has 110 valence electrons. The molecule has 1 aliphatic carbocycles. The number of carbonyl (C=O) groups is 1. The van der Waals surface area contributed by atoms with Crippen molar-refractivity contribution in [3.63, 3.8) is 0 Å². The third-order valence-corrected chi connectivity index (χ3v) is 4.22. The predicted octanol–water partition coefficient (Wildman–Crippen LogP) is 1.06. The van der Waals surface area contributed by atoms with Gasteiger partial charge in [0, 0.05) is 32.2 Å². The zero-order chi connectivity index (χ0) is 13.9. The van der Waals surface area contributed by atoms with Crippen molar-refractivity contribution in [1.82, 2.24) is 15.1 Å². The van der Waals surface area contributed by atoms with Crippen LogP contribution in [0, 0.1) is 0 Å². The Balaban J connectivity index is 1.65. The predicted molar refractivity (Wildman–Crippen MR) is 76.2 cm³/mol. The highest BCUT2D eigenvalue weighted by Crippen LogP contribution is 2.30. The average molecular weight is 277 g/mol. The molecule has 1 unspecified atom stereocenters. The topological polar surface area (TPSA) is 48.7 Å². The lowest BCUT2D eigenvalue weighted by atomic mass is 10.2. The van der Waals surface area contributed by atoms with Crippen molar-refractivity contribution in [2.75, 3.05) is 26.2 Å². The molecule has 0 bridgehead atoms. The summed E-state index contributed by atoms with van der Waals surface area (Å²) < 4.78 is 5.44. The zero-order valence-corrected chi connectivity index (χ0v) is 12.0. The molecule has 1 aliphatic heterocycles. The van der Waals surface area contributed by atoms with E-state index in [0.717, 1.165) is 38.5 Å². The maximum absolute atomic E-state index is 12.6. The minimum Gasteiger partial charge on any atom is -0.468 e. The number of piperazine rings is 1. The molecule has 1 N–H and O–H groups in total. The van der Waals surface area contributed by atoms with Crippen LogP contribution in [0.4, 0.5) is 0 Å². The highest BCUT2D eigenvalue weighted by molar-refractivity contribution is 5.81. The van der Waals surface area contributed by atoms with Gasteiger partial charge in [0.05, 0.1) is 18.8 Å². The molecule has 0 aromatic carbocycles. The summed E-state index contributed by atoms with van der Waals surface area (Å²) in [6, 6.07) is 4.37. The Bertz CT molecular complexity index is 436. The van der Waals surface area contributed by atoms with E-state index in [2.05, 4.69) is 10.2 Å². The molecule has 1 amide bonds. The molecule has 2 fully saturated rings. The van der Waals surface area contributed by atoms with E-state index in [1.54, 1.807) is 6.26 Å². The van der Waals surface area contributed by atoms with E-state index in [9.17, 15) is 4.79 Å². The summed E-state index contributed by atoms with van der Waals surface area (Å²) in [7, 11) is 0. The Morgan fingerprint density at radius 1 is 1.50 bits per heavy atom. The largest absolute Gasteiger partial charge is 0.468 e. The molecule has 1 aromatic heterocycles. The van der Waals surface area contributed by atoms with Gasteiger partial charge in [0.25, 0.3) is 0 Å². The molecule has 5 heteroatoms. The molecule has 0 radical (unpaired) electrons. The van der Waals surface area contributed by atoms with Crippen molar-refractivity contribution < 1.29 is 9.21 Å². The summed E-state index contributed by atoms with van der Waals surface area (Å²) >= 11 is 0. The van der Waals surface area contributed by atoms with Crippen molar-refractivity contribution in [3.8, 4) is 0 Å². The van der Waals surface area contributed by atoms with Crippen LogP contribution in [0.15, 0.2) is 22.8 Å². The van der Waals surface area contributed by atoms with Crippen LogP contribution in [0.1, 0.15) is 25.5 Å². The molecule has 1 atom stereocenters. The van der Waals surface area contributed by atoms with Gasteiger partial charge in [-0.05, 0) is 31.9 Å². The molecule has 1 saturated carbocycles. The average Bonchev–Trinajstić information content (AvgIpc) is 3.21. The molecule has 3 rings (SSSR count). The van der Waals surface area contributed by atoms with Crippen molar-refractivity contribution in [2.45, 2.75) is 38.4 Å². The van der Waals surface area contributed by atoms with Gasteiger partial charge in [-0.1, -0.05) is 0 Å². The SMILES string of the molecule is CC(C(=O)N1CCNCC1)N(Cc1ccco1)C1CC1. The summed E-state index contributed by atoms with van der Waals surface area (Å²) in [4.78, 5) is 16.9. The van der Waals surface area contributed by atoms with E-state index in [1.165, 1.54) is 12.8 Å². The van der Waals surface area contributed by atoms with Gasteiger partial charge in [-0.15, -0.1) is 0 Å². The third-order valence-electron chi connectivity index (χ3n) is 4.22. The van der Waals surface area contributed by atoms with Crippen molar-refractivity contribution >= 4 is 5.91 Å². The maximum atomic E-state index is 12.6. The molecule has 0 spiro atoms. The van der Waals surface area contributed by atoms with Gasteiger partial charge in [0.15, 0.2) is 0 Å². The quantitative estimate of drug-likeness (QED) is 0.874. The number of rotatable bonds is 5. The first-order valence-electron chi connectivity index (χ1n) is 7.53. The number of amides is 1. The normalized spacial score (nSPS) is 21.2. The third kappa shape index (κ3) is 3.04. The van der Waals surface area contributed by atoms with Crippen LogP contribution in [0.25, 0.3) is 0 Å². The van der Waals surface area contributed by atoms with Crippen LogP contribution in [-0.4, -0.2) is 54.0 Å². The van der Waals surface area contributed by atoms with Gasteiger partial charge in [0.1, 0.15) is 5.76 Å². The Kier molecular flexibility index (Phi) is 4.08. The lowest BCUT2D eigenvalue weighted by Crippen LogP contribution is -2.53. The van der Waals surface area contributed by atoms with Gasteiger partial charge >= 0.3 is 0 Å². The van der Waals surface area contributed by atoms with Crippen LogP contribution < -0.4 is 5.32 Å². The zero-order valence-electron chi connectivity index (χ0n) is 12.0.